The van der Waals surface area contributed by atoms with E-state index in [9.17, 15) is 4.79 Å². The number of hydrogen-bond acceptors (Lipinski definition) is 4. The van der Waals surface area contributed by atoms with Gasteiger partial charge in [0.2, 0.25) is 0 Å². The molecule has 5 nitrogen and oxygen atoms in total. The Bertz CT molecular complexity index is 471. The topological polar surface area (TPSA) is 86.0 Å². The van der Waals surface area contributed by atoms with Crippen molar-refractivity contribution in [1.82, 2.24) is 4.98 Å². The van der Waals surface area contributed by atoms with Crippen molar-refractivity contribution in [2.45, 2.75) is 32.2 Å². The van der Waals surface area contributed by atoms with Crippen molar-refractivity contribution >= 4 is 23.4 Å². The smallest absolute Gasteiger partial charge is 0.303 e. The molecule has 1 unspecified atom stereocenters. The molecule has 0 aliphatic rings. The zero-order valence-electron chi connectivity index (χ0n) is 9.98. The fraction of sp³-hybridized carbons (Fsp3) is 0.417. The first-order valence-electron chi connectivity index (χ1n) is 5.57. The molecule has 1 aromatic heterocycles. The van der Waals surface area contributed by atoms with Crippen LogP contribution >= 0.6 is 11.6 Å². The zero-order chi connectivity index (χ0) is 13.5. The van der Waals surface area contributed by atoms with E-state index in [1.54, 1.807) is 6.07 Å². The molecular formula is C12H14ClN3O2. The van der Waals surface area contributed by atoms with E-state index < -0.39 is 5.97 Å². The maximum Gasteiger partial charge on any atom is 0.303 e. The van der Waals surface area contributed by atoms with Gasteiger partial charge in [-0.3, -0.25) is 4.79 Å². The van der Waals surface area contributed by atoms with Crippen LogP contribution in [0.4, 0.5) is 5.82 Å². The van der Waals surface area contributed by atoms with E-state index in [0.717, 1.165) is 0 Å². The van der Waals surface area contributed by atoms with E-state index in [1.165, 1.54) is 6.20 Å². The molecule has 0 radical (unpaired) electrons. The minimum atomic E-state index is -0.801. The number of nitrogens with one attached hydrogen (secondary N) is 1. The number of nitrogens with zero attached hydrogens (tertiary/aromatic N) is 2. The molecule has 0 aliphatic carbocycles. The molecule has 6 heteroatoms. The summed E-state index contributed by atoms with van der Waals surface area (Å²) in [7, 11) is 0. The minimum absolute atomic E-state index is 0.0447. The number of anilines is 1. The van der Waals surface area contributed by atoms with Gasteiger partial charge in [-0.1, -0.05) is 11.6 Å². The van der Waals surface area contributed by atoms with Crippen molar-refractivity contribution in [3.8, 4) is 6.07 Å². The highest BCUT2D eigenvalue weighted by Gasteiger charge is 2.10. The molecule has 0 aliphatic heterocycles. The van der Waals surface area contributed by atoms with E-state index in [-0.39, 0.29) is 12.5 Å². The Balaban J connectivity index is 2.57. The van der Waals surface area contributed by atoms with E-state index in [2.05, 4.69) is 10.3 Å². The number of hydrogen-bond donors (Lipinski definition) is 2. The minimum Gasteiger partial charge on any atom is -0.481 e. The molecule has 1 aromatic rings. The van der Waals surface area contributed by atoms with Gasteiger partial charge in [0.1, 0.15) is 16.9 Å². The second-order valence-corrected chi connectivity index (χ2v) is 4.34. The van der Waals surface area contributed by atoms with Crippen LogP contribution < -0.4 is 5.32 Å². The Hall–Kier alpha value is -1.80. The van der Waals surface area contributed by atoms with Gasteiger partial charge in [0.15, 0.2) is 0 Å². The third-order valence-electron chi connectivity index (χ3n) is 2.42. The molecule has 96 valence electrons. The van der Waals surface area contributed by atoms with Gasteiger partial charge in [0, 0.05) is 18.7 Å². The Morgan fingerprint density at radius 1 is 1.72 bits per heavy atom. The summed E-state index contributed by atoms with van der Waals surface area (Å²) in [5, 5.41) is 20.7. The predicted molar refractivity (Wildman–Crippen MR) is 68.5 cm³/mol. The van der Waals surface area contributed by atoms with Gasteiger partial charge >= 0.3 is 5.97 Å². The maximum absolute atomic E-state index is 10.4. The first-order valence-corrected chi connectivity index (χ1v) is 5.95. The van der Waals surface area contributed by atoms with Crippen LogP contribution in [0.5, 0.6) is 0 Å². The van der Waals surface area contributed by atoms with E-state index >= 15 is 0 Å². The zero-order valence-corrected chi connectivity index (χ0v) is 10.7. The summed E-state index contributed by atoms with van der Waals surface area (Å²) in [5.41, 5.74) is 0.368. The molecule has 1 rings (SSSR count). The highest BCUT2D eigenvalue weighted by Crippen LogP contribution is 2.23. The monoisotopic (exact) mass is 267 g/mol. The SMILES string of the molecule is CC(CCCC(=O)O)Nc1nccc(C#N)c1Cl. The fourth-order valence-corrected chi connectivity index (χ4v) is 1.70. The maximum atomic E-state index is 10.4. The Kier molecular flexibility index (Phi) is 5.40. The number of pyridine rings is 1. The number of rotatable bonds is 6. The molecule has 0 saturated carbocycles. The van der Waals surface area contributed by atoms with Crippen molar-refractivity contribution in [2.24, 2.45) is 0 Å². The standard InChI is InChI=1S/C12H14ClN3O2/c1-8(3-2-4-10(17)18)16-12-11(13)9(7-14)5-6-15-12/h5-6,8H,2-4H2,1H3,(H,15,16)(H,17,18). The second kappa shape index (κ2) is 6.82. The molecule has 0 bridgehead atoms. The molecule has 1 atom stereocenters. The molecule has 0 amide bonds. The first-order chi connectivity index (χ1) is 8.54. The number of carboxylic acid groups (broad SMARTS) is 1. The van der Waals surface area contributed by atoms with Crippen LogP contribution in [-0.4, -0.2) is 22.1 Å². The lowest BCUT2D eigenvalue weighted by Crippen LogP contribution is -2.16. The normalized spacial score (nSPS) is 11.6. The van der Waals surface area contributed by atoms with Gasteiger partial charge in [0.05, 0.1) is 5.56 Å². The van der Waals surface area contributed by atoms with Crippen LogP contribution in [0.25, 0.3) is 0 Å². The van der Waals surface area contributed by atoms with Crippen molar-refractivity contribution in [1.29, 1.82) is 5.26 Å². The summed E-state index contributed by atoms with van der Waals surface area (Å²) in [6.45, 7) is 1.92. The van der Waals surface area contributed by atoms with Crippen LogP contribution in [0, 0.1) is 11.3 Å². The highest BCUT2D eigenvalue weighted by molar-refractivity contribution is 6.34. The number of carboxylic acids is 1. The number of halogens is 1. The summed E-state index contributed by atoms with van der Waals surface area (Å²) in [4.78, 5) is 14.4. The lowest BCUT2D eigenvalue weighted by atomic mass is 10.1. The van der Waals surface area contributed by atoms with Crippen molar-refractivity contribution in [3.63, 3.8) is 0 Å². The van der Waals surface area contributed by atoms with Gasteiger partial charge in [-0.15, -0.1) is 0 Å². The van der Waals surface area contributed by atoms with Crippen LogP contribution in [0.1, 0.15) is 31.7 Å². The van der Waals surface area contributed by atoms with Gasteiger partial charge < -0.3 is 10.4 Å². The summed E-state index contributed by atoms with van der Waals surface area (Å²) in [6.07, 6.45) is 2.93. The molecule has 18 heavy (non-hydrogen) atoms. The van der Waals surface area contributed by atoms with Gasteiger partial charge in [-0.25, -0.2) is 4.98 Å². The van der Waals surface area contributed by atoms with E-state index in [1.807, 2.05) is 13.0 Å². The Morgan fingerprint density at radius 2 is 2.44 bits per heavy atom. The Morgan fingerprint density at radius 3 is 3.06 bits per heavy atom. The van der Waals surface area contributed by atoms with Crippen molar-refractivity contribution in [2.75, 3.05) is 5.32 Å². The lowest BCUT2D eigenvalue weighted by molar-refractivity contribution is -0.137. The third-order valence-corrected chi connectivity index (χ3v) is 2.80. The third kappa shape index (κ3) is 4.22. The molecule has 0 spiro atoms. The number of aliphatic carboxylic acids is 1. The second-order valence-electron chi connectivity index (χ2n) is 3.96. The number of nitriles is 1. The summed E-state index contributed by atoms with van der Waals surface area (Å²) in [6, 6.07) is 3.57. The molecule has 0 saturated heterocycles. The van der Waals surface area contributed by atoms with Crippen LogP contribution in [0.3, 0.4) is 0 Å². The molecule has 1 heterocycles. The molecule has 2 N–H and O–H groups in total. The van der Waals surface area contributed by atoms with Crippen LogP contribution in [-0.2, 0) is 4.79 Å². The van der Waals surface area contributed by atoms with Crippen LogP contribution in [0.15, 0.2) is 12.3 Å². The molecular weight excluding hydrogens is 254 g/mol. The lowest BCUT2D eigenvalue weighted by Gasteiger charge is -2.15. The highest BCUT2D eigenvalue weighted by atomic mass is 35.5. The number of aromatic nitrogens is 1. The average Bonchev–Trinajstić information content (AvgIpc) is 2.31. The quantitative estimate of drug-likeness (QED) is 0.827. The van der Waals surface area contributed by atoms with Gasteiger partial charge in [-0.05, 0) is 25.8 Å². The van der Waals surface area contributed by atoms with Crippen LogP contribution in [0.2, 0.25) is 5.02 Å². The van der Waals surface area contributed by atoms with E-state index in [4.69, 9.17) is 22.0 Å². The summed E-state index contributed by atoms with van der Waals surface area (Å²) in [5.74, 6) is -0.344. The predicted octanol–water partition coefficient (Wildman–Crippen LogP) is 2.66. The van der Waals surface area contributed by atoms with Crippen molar-refractivity contribution < 1.29 is 9.90 Å². The first kappa shape index (κ1) is 14.3. The summed E-state index contributed by atoms with van der Waals surface area (Å²) >= 11 is 6.00. The largest absolute Gasteiger partial charge is 0.481 e. The fourth-order valence-electron chi connectivity index (χ4n) is 1.50. The van der Waals surface area contributed by atoms with E-state index in [0.29, 0.717) is 29.2 Å². The Labute approximate surface area is 110 Å². The van der Waals surface area contributed by atoms with Crippen molar-refractivity contribution in [3.05, 3.63) is 22.8 Å². The molecule has 0 fully saturated rings. The summed E-state index contributed by atoms with van der Waals surface area (Å²) < 4.78 is 0. The van der Waals surface area contributed by atoms with Gasteiger partial charge in [-0.2, -0.15) is 5.26 Å². The number of carbonyl (C=O) groups is 1. The average molecular weight is 268 g/mol. The molecule has 0 aromatic carbocycles. The van der Waals surface area contributed by atoms with Gasteiger partial charge in [0.25, 0.3) is 0 Å².